The summed E-state index contributed by atoms with van der Waals surface area (Å²) >= 11 is 0.423. The SMILES string of the molecule is OCC(Cc1c[nH]c2ccccc12)Nc1nnc(C(F)(F)F)s1. The Morgan fingerprint density at radius 2 is 2.04 bits per heavy atom. The van der Waals surface area contributed by atoms with E-state index in [1.54, 1.807) is 0 Å². The van der Waals surface area contributed by atoms with E-state index in [-0.39, 0.29) is 11.7 Å². The predicted molar refractivity (Wildman–Crippen MR) is 81.4 cm³/mol. The number of nitrogens with zero attached hydrogens (tertiary/aromatic N) is 2. The Labute approximate surface area is 133 Å². The molecule has 0 amide bonds. The van der Waals surface area contributed by atoms with E-state index in [0.717, 1.165) is 16.5 Å². The highest BCUT2D eigenvalue weighted by Crippen LogP contribution is 2.33. The Hall–Kier alpha value is -2.13. The molecule has 0 saturated heterocycles. The first-order chi connectivity index (χ1) is 11.0. The molecule has 0 saturated carbocycles. The van der Waals surface area contributed by atoms with Crippen LogP contribution in [0.4, 0.5) is 18.3 Å². The Balaban J connectivity index is 1.74. The predicted octanol–water partition coefficient (Wildman–Crippen LogP) is 3.05. The minimum absolute atomic E-state index is 0.0382. The molecule has 3 N–H and O–H groups in total. The average Bonchev–Trinajstić information content (AvgIpc) is 3.14. The van der Waals surface area contributed by atoms with E-state index in [4.69, 9.17) is 0 Å². The Kier molecular flexibility index (Phi) is 4.22. The van der Waals surface area contributed by atoms with Gasteiger partial charge in [-0.05, 0) is 18.1 Å². The number of nitrogens with one attached hydrogen (secondary N) is 2. The van der Waals surface area contributed by atoms with Crippen LogP contribution in [0.15, 0.2) is 30.5 Å². The lowest BCUT2D eigenvalue weighted by Crippen LogP contribution is -2.26. The van der Waals surface area contributed by atoms with Gasteiger partial charge < -0.3 is 15.4 Å². The number of H-pyrrole nitrogens is 1. The molecule has 3 aromatic rings. The molecule has 0 aliphatic heterocycles. The molecule has 0 radical (unpaired) electrons. The van der Waals surface area contributed by atoms with Gasteiger partial charge in [0.25, 0.3) is 0 Å². The summed E-state index contributed by atoms with van der Waals surface area (Å²) in [5.41, 5.74) is 1.93. The van der Waals surface area contributed by atoms with Crippen molar-refractivity contribution in [3.05, 3.63) is 41.0 Å². The van der Waals surface area contributed by atoms with Gasteiger partial charge in [-0.15, -0.1) is 10.2 Å². The van der Waals surface area contributed by atoms with E-state index in [0.29, 0.717) is 17.8 Å². The number of aromatic amines is 1. The quantitative estimate of drug-likeness (QED) is 0.666. The monoisotopic (exact) mass is 342 g/mol. The van der Waals surface area contributed by atoms with Crippen molar-refractivity contribution < 1.29 is 18.3 Å². The minimum Gasteiger partial charge on any atom is -0.394 e. The normalized spacial score (nSPS) is 13.4. The summed E-state index contributed by atoms with van der Waals surface area (Å²) in [6.07, 6.45) is -2.24. The lowest BCUT2D eigenvalue weighted by molar-refractivity contribution is -0.138. The molecule has 23 heavy (non-hydrogen) atoms. The van der Waals surface area contributed by atoms with Crippen LogP contribution in [0.3, 0.4) is 0 Å². The van der Waals surface area contributed by atoms with Crippen LogP contribution in [0.25, 0.3) is 10.9 Å². The number of halogens is 3. The van der Waals surface area contributed by atoms with Crippen LogP contribution in [-0.4, -0.2) is 32.9 Å². The second-order valence-corrected chi connectivity index (χ2v) is 5.98. The van der Waals surface area contributed by atoms with Gasteiger partial charge in [0.05, 0.1) is 12.6 Å². The molecular weight excluding hydrogens is 329 g/mol. The second-order valence-electron chi connectivity index (χ2n) is 5.00. The van der Waals surface area contributed by atoms with E-state index in [1.807, 2.05) is 30.5 Å². The summed E-state index contributed by atoms with van der Waals surface area (Å²) in [6, 6.07) is 7.23. The number of anilines is 1. The largest absolute Gasteiger partial charge is 0.445 e. The number of alkyl halides is 3. The summed E-state index contributed by atoms with van der Waals surface area (Å²) in [6.45, 7) is -0.236. The maximum absolute atomic E-state index is 12.5. The van der Waals surface area contributed by atoms with Crippen LogP contribution in [0.5, 0.6) is 0 Å². The minimum atomic E-state index is -4.51. The molecule has 2 heterocycles. The van der Waals surface area contributed by atoms with E-state index in [1.165, 1.54) is 0 Å². The van der Waals surface area contributed by atoms with Gasteiger partial charge in [0.1, 0.15) is 0 Å². The van der Waals surface area contributed by atoms with Crippen molar-refractivity contribution in [1.29, 1.82) is 0 Å². The maximum Gasteiger partial charge on any atom is 0.445 e. The first-order valence-electron chi connectivity index (χ1n) is 6.80. The zero-order valence-electron chi connectivity index (χ0n) is 11.8. The Bertz CT molecular complexity index is 799. The van der Waals surface area contributed by atoms with Crippen molar-refractivity contribution in [1.82, 2.24) is 15.2 Å². The fraction of sp³-hybridized carbons (Fsp3) is 0.286. The van der Waals surface area contributed by atoms with Gasteiger partial charge >= 0.3 is 6.18 Å². The molecule has 0 aliphatic carbocycles. The molecule has 9 heteroatoms. The van der Waals surface area contributed by atoms with Crippen molar-refractivity contribution in [2.45, 2.75) is 18.6 Å². The molecule has 0 spiro atoms. The van der Waals surface area contributed by atoms with Crippen molar-refractivity contribution in [2.75, 3.05) is 11.9 Å². The second kappa shape index (κ2) is 6.17. The van der Waals surface area contributed by atoms with Crippen LogP contribution in [0.2, 0.25) is 0 Å². The summed E-state index contributed by atoms with van der Waals surface area (Å²) in [7, 11) is 0. The van der Waals surface area contributed by atoms with Crippen LogP contribution in [-0.2, 0) is 12.6 Å². The van der Waals surface area contributed by atoms with E-state index in [9.17, 15) is 18.3 Å². The number of hydrogen-bond donors (Lipinski definition) is 3. The number of para-hydroxylation sites is 1. The number of fused-ring (bicyclic) bond motifs is 1. The van der Waals surface area contributed by atoms with Crippen molar-refractivity contribution >= 4 is 27.4 Å². The Morgan fingerprint density at radius 3 is 2.74 bits per heavy atom. The first-order valence-corrected chi connectivity index (χ1v) is 7.62. The molecule has 0 fully saturated rings. The van der Waals surface area contributed by atoms with Gasteiger partial charge in [0, 0.05) is 17.1 Å². The number of aromatic nitrogens is 3. The van der Waals surface area contributed by atoms with Crippen molar-refractivity contribution in [2.24, 2.45) is 0 Å². The topological polar surface area (TPSA) is 73.8 Å². The standard InChI is InChI=1S/C14H13F3N4OS/c15-14(16,17)12-20-21-13(23-12)19-9(7-22)5-8-6-18-11-4-2-1-3-10(8)11/h1-4,6,9,18,22H,5,7H2,(H,19,21). The van der Waals surface area contributed by atoms with Gasteiger partial charge in [-0.3, -0.25) is 0 Å². The summed E-state index contributed by atoms with van der Waals surface area (Å²) in [5.74, 6) is 0. The lowest BCUT2D eigenvalue weighted by Gasteiger charge is -2.14. The van der Waals surface area contributed by atoms with Gasteiger partial charge in [0.15, 0.2) is 0 Å². The third-order valence-corrected chi connectivity index (χ3v) is 4.26. The first kappa shape index (κ1) is 15.8. The molecule has 0 aliphatic rings. The Morgan fingerprint density at radius 1 is 1.26 bits per heavy atom. The van der Waals surface area contributed by atoms with Crippen LogP contribution < -0.4 is 5.32 Å². The number of aliphatic hydroxyl groups excluding tert-OH is 1. The average molecular weight is 342 g/mol. The van der Waals surface area contributed by atoms with E-state index >= 15 is 0 Å². The molecule has 2 aromatic heterocycles. The molecule has 122 valence electrons. The summed E-state index contributed by atoms with van der Waals surface area (Å²) < 4.78 is 37.6. The maximum atomic E-state index is 12.5. The fourth-order valence-corrected chi connectivity index (χ4v) is 2.99. The zero-order valence-corrected chi connectivity index (χ0v) is 12.6. The molecular formula is C14H13F3N4OS. The van der Waals surface area contributed by atoms with Crippen LogP contribution in [0, 0.1) is 0 Å². The van der Waals surface area contributed by atoms with Gasteiger partial charge in [-0.25, -0.2) is 0 Å². The summed E-state index contributed by atoms with van der Waals surface area (Å²) in [5, 5.41) is 18.9. The van der Waals surface area contributed by atoms with Crippen molar-refractivity contribution in [3.63, 3.8) is 0 Å². The third kappa shape index (κ3) is 3.45. The van der Waals surface area contributed by atoms with Gasteiger partial charge in [0.2, 0.25) is 10.1 Å². The molecule has 1 atom stereocenters. The van der Waals surface area contributed by atoms with Crippen LogP contribution in [0.1, 0.15) is 10.6 Å². The highest BCUT2D eigenvalue weighted by atomic mass is 32.1. The molecule has 3 rings (SSSR count). The lowest BCUT2D eigenvalue weighted by atomic mass is 10.1. The van der Waals surface area contributed by atoms with Gasteiger partial charge in [-0.1, -0.05) is 29.5 Å². The molecule has 0 bridgehead atoms. The molecule has 1 aromatic carbocycles. The highest BCUT2D eigenvalue weighted by Gasteiger charge is 2.35. The number of rotatable bonds is 5. The third-order valence-electron chi connectivity index (χ3n) is 3.36. The highest BCUT2D eigenvalue weighted by molar-refractivity contribution is 7.15. The number of benzene rings is 1. The number of aliphatic hydroxyl groups is 1. The summed E-state index contributed by atoms with van der Waals surface area (Å²) in [4.78, 5) is 3.12. The fourth-order valence-electron chi connectivity index (χ4n) is 2.30. The molecule has 1 unspecified atom stereocenters. The number of hydrogen-bond acceptors (Lipinski definition) is 5. The van der Waals surface area contributed by atoms with E-state index in [2.05, 4.69) is 20.5 Å². The smallest absolute Gasteiger partial charge is 0.394 e. The van der Waals surface area contributed by atoms with E-state index < -0.39 is 17.2 Å². The molecule has 5 nitrogen and oxygen atoms in total. The zero-order chi connectivity index (χ0) is 16.4. The van der Waals surface area contributed by atoms with Crippen LogP contribution >= 0.6 is 11.3 Å². The van der Waals surface area contributed by atoms with Crippen molar-refractivity contribution in [3.8, 4) is 0 Å². The van der Waals surface area contributed by atoms with Gasteiger partial charge in [-0.2, -0.15) is 13.2 Å².